The summed E-state index contributed by atoms with van der Waals surface area (Å²) in [5.74, 6) is -4.19. The molecule has 254 valence electrons. The molecule has 0 saturated carbocycles. The van der Waals surface area contributed by atoms with E-state index in [9.17, 15) is 38.4 Å². The summed E-state index contributed by atoms with van der Waals surface area (Å²) in [7, 11) is -4.98. The number of nitriles is 1. The third-order valence-corrected chi connectivity index (χ3v) is 12.0. The molecule has 6 rings (SSSR count). The number of nitrogens with one attached hydrogen (secondary N) is 1. The predicted molar refractivity (Wildman–Crippen MR) is 179 cm³/mol. The van der Waals surface area contributed by atoms with Gasteiger partial charge in [-0.1, -0.05) is 43.3 Å². The maximum absolute atomic E-state index is 14.3. The number of thiophene rings is 1. The summed E-state index contributed by atoms with van der Waals surface area (Å²) in [6, 6.07) is 17.1. The Morgan fingerprint density at radius 2 is 1.88 bits per heavy atom. The van der Waals surface area contributed by atoms with Gasteiger partial charge in [0.2, 0.25) is 17.7 Å². The van der Waals surface area contributed by atoms with Gasteiger partial charge >= 0.3 is 7.60 Å². The van der Waals surface area contributed by atoms with Gasteiger partial charge in [0.05, 0.1) is 22.8 Å². The first-order valence-electron chi connectivity index (χ1n) is 16.3. The van der Waals surface area contributed by atoms with Crippen molar-refractivity contribution in [2.24, 2.45) is 11.8 Å². The van der Waals surface area contributed by atoms with Crippen LogP contribution in [0.3, 0.4) is 0 Å². The molecule has 3 aliphatic heterocycles. The van der Waals surface area contributed by atoms with Gasteiger partial charge in [0.25, 0.3) is 5.91 Å². The van der Waals surface area contributed by atoms with Crippen molar-refractivity contribution in [1.29, 1.82) is 5.26 Å². The van der Waals surface area contributed by atoms with Crippen molar-refractivity contribution in [3.8, 4) is 6.07 Å². The summed E-state index contributed by atoms with van der Waals surface area (Å²) in [5.41, 5.74) is 0.852. The average Bonchev–Trinajstić information content (AvgIpc) is 3.82. The number of carbonyl (C=O) groups is 3. The zero-order valence-electron chi connectivity index (χ0n) is 26.6. The average molecular weight is 696 g/mol. The minimum Gasteiger partial charge on any atom is -0.350 e. The van der Waals surface area contributed by atoms with E-state index in [1.807, 2.05) is 37.3 Å². The molecule has 0 spiro atoms. The zero-order chi connectivity index (χ0) is 34.2. The SMILES string of the molecule is CCN1CC[C@H]2CC[C@@H](C(=O)N3C[C@@H](C#N)[C@H](c4ccccc4)C3)N2C(=O)C(CNC(=O)c2cc3cc([C@@H](F)P(=O)(O)O)ccc3s2)C1. The minimum absolute atomic E-state index is 0.0544. The first kappa shape index (κ1) is 34.2. The van der Waals surface area contributed by atoms with Crippen LogP contribution in [0.5, 0.6) is 0 Å². The van der Waals surface area contributed by atoms with Gasteiger partial charge in [-0.25, -0.2) is 4.39 Å². The van der Waals surface area contributed by atoms with Gasteiger partial charge in [-0.2, -0.15) is 5.26 Å². The highest BCUT2D eigenvalue weighted by molar-refractivity contribution is 7.51. The number of hydrogen-bond donors (Lipinski definition) is 3. The third-order valence-electron chi connectivity index (χ3n) is 9.96. The van der Waals surface area contributed by atoms with Gasteiger partial charge in [0, 0.05) is 49.4 Å². The fourth-order valence-electron chi connectivity index (χ4n) is 7.39. The largest absolute Gasteiger partial charge is 0.363 e. The van der Waals surface area contributed by atoms with Gasteiger partial charge in [0.1, 0.15) is 6.04 Å². The van der Waals surface area contributed by atoms with Crippen molar-refractivity contribution < 1.29 is 33.1 Å². The van der Waals surface area contributed by atoms with Crippen molar-refractivity contribution in [1.82, 2.24) is 20.0 Å². The van der Waals surface area contributed by atoms with Crippen LogP contribution in [-0.2, 0) is 14.2 Å². The van der Waals surface area contributed by atoms with Crippen molar-refractivity contribution in [2.75, 3.05) is 39.3 Å². The number of likely N-dealkylation sites (tertiary alicyclic amines) is 1. The van der Waals surface area contributed by atoms with E-state index in [4.69, 9.17) is 0 Å². The number of amides is 3. The molecule has 3 amide bonds. The third kappa shape index (κ3) is 6.91. The van der Waals surface area contributed by atoms with E-state index < -0.39 is 31.4 Å². The van der Waals surface area contributed by atoms with Crippen LogP contribution in [0, 0.1) is 23.2 Å². The predicted octanol–water partition coefficient (Wildman–Crippen LogP) is 4.24. The normalized spacial score (nSPS) is 25.7. The number of carbonyl (C=O) groups excluding carboxylic acids is 3. The highest BCUT2D eigenvalue weighted by Gasteiger charge is 2.47. The molecule has 3 fully saturated rings. The maximum atomic E-state index is 14.3. The van der Waals surface area contributed by atoms with E-state index in [1.54, 1.807) is 15.9 Å². The van der Waals surface area contributed by atoms with Crippen LogP contribution in [0.4, 0.5) is 4.39 Å². The molecule has 1 aromatic heterocycles. The first-order valence-corrected chi connectivity index (χ1v) is 18.8. The quantitative estimate of drug-likeness (QED) is 0.296. The summed E-state index contributed by atoms with van der Waals surface area (Å²) >= 11 is 1.16. The molecular weight excluding hydrogens is 656 g/mol. The Labute approximate surface area is 282 Å². The lowest BCUT2D eigenvalue weighted by molar-refractivity contribution is -0.148. The Morgan fingerprint density at radius 3 is 2.58 bits per heavy atom. The summed E-state index contributed by atoms with van der Waals surface area (Å²) in [4.78, 5) is 66.1. The molecule has 3 N–H and O–H groups in total. The van der Waals surface area contributed by atoms with Crippen molar-refractivity contribution in [2.45, 2.75) is 50.1 Å². The fraction of sp³-hybridized carbons (Fsp3) is 0.471. The molecule has 3 saturated heterocycles. The van der Waals surface area contributed by atoms with E-state index in [0.29, 0.717) is 47.4 Å². The van der Waals surface area contributed by atoms with Gasteiger partial charge in [0.15, 0.2) is 0 Å². The number of halogens is 1. The van der Waals surface area contributed by atoms with E-state index in [2.05, 4.69) is 16.3 Å². The minimum atomic E-state index is -4.98. The summed E-state index contributed by atoms with van der Waals surface area (Å²) in [6.07, 6.45) is 2.01. The van der Waals surface area contributed by atoms with Crippen molar-refractivity contribution in [3.05, 3.63) is 70.6 Å². The lowest BCUT2D eigenvalue weighted by Gasteiger charge is -2.39. The molecule has 4 heterocycles. The monoisotopic (exact) mass is 695 g/mol. The Bertz CT molecular complexity index is 1780. The van der Waals surface area contributed by atoms with E-state index in [0.717, 1.165) is 36.4 Å². The standard InChI is InChI=1S/C34H39FN5O6PS/c1-2-38-13-12-26-9-10-28(34(43)39-19-24(16-36)27(20-39)21-6-4-3-5-7-21)40(26)33(42)25(18-38)17-37-32(41)30-15-23-14-22(8-11-29(23)48-30)31(35)47(44,45)46/h3-8,11,14-15,24-28,31H,2,9-10,12-13,17-20H2,1H3,(H,37,41)(H2,44,45,46)/t24-,25?,26-,27+,28+,31+/m1/s1. The molecular formula is C34H39FN5O6PS. The number of fused-ring (bicyclic) bond motifs is 2. The highest BCUT2D eigenvalue weighted by atomic mass is 32.1. The molecule has 14 heteroatoms. The number of nitrogens with zero attached hydrogens (tertiary/aromatic N) is 4. The Morgan fingerprint density at radius 1 is 1.10 bits per heavy atom. The molecule has 2 aromatic carbocycles. The summed E-state index contributed by atoms with van der Waals surface area (Å²) < 4.78 is 26.3. The smallest absolute Gasteiger partial charge is 0.350 e. The molecule has 3 aliphatic rings. The molecule has 6 atom stereocenters. The van der Waals surface area contributed by atoms with Crippen molar-refractivity contribution in [3.63, 3.8) is 0 Å². The number of rotatable bonds is 8. The second-order valence-corrected chi connectivity index (χ2v) is 15.6. The Hall–Kier alpha value is -3.66. The molecule has 0 aliphatic carbocycles. The molecule has 0 radical (unpaired) electrons. The second kappa shape index (κ2) is 14.1. The van der Waals surface area contributed by atoms with Crippen LogP contribution in [0.2, 0.25) is 0 Å². The van der Waals surface area contributed by atoms with E-state index in [-0.39, 0.29) is 41.8 Å². The van der Waals surface area contributed by atoms with E-state index >= 15 is 0 Å². The molecule has 1 unspecified atom stereocenters. The lowest BCUT2D eigenvalue weighted by atomic mass is 9.90. The number of benzene rings is 2. The Balaban J connectivity index is 1.17. The van der Waals surface area contributed by atoms with Crippen LogP contribution in [-0.4, -0.2) is 93.6 Å². The lowest BCUT2D eigenvalue weighted by Crippen LogP contribution is -2.56. The van der Waals surface area contributed by atoms with Crippen LogP contribution in [0.15, 0.2) is 54.6 Å². The maximum Gasteiger partial charge on any atom is 0.363 e. The molecule has 11 nitrogen and oxygen atoms in total. The molecule has 3 aromatic rings. The first-order chi connectivity index (χ1) is 23.0. The second-order valence-electron chi connectivity index (χ2n) is 12.9. The van der Waals surface area contributed by atoms with Crippen LogP contribution in [0.1, 0.15) is 58.8 Å². The number of hydrogen-bond acceptors (Lipinski definition) is 7. The van der Waals surface area contributed by atoms with Gasteiger partial charge < -0.3 is 29.8 Å². The zero-order valence-corrected chi connectivity index (χ0v) is 28.3. The van der Waals surface area contributed by atoms with Crippen LogP contribution < -0.4 is 5.32 Å². The van der Waals surface area contributed by atoms with Crippen LogP contribution in [0.25, 0.3) is 10.1 Å². The van der Waals surface area contributed by atoms with Gasteiger partial charge in [-0.05, 0) is 60.5 Å². The number of alkyl halides is 1. The van der Waals surface area contributed by atoms with Crippen molar-refractivity contribution >= 4 is 46.7 Å². The summed E-state index contributed by atoms with van der Waals surface area (Å²) in [6.45, 7) is 4.75. The van der Waals surface area contributed by atoms with Gasteiger partial charge in [-0.15, -0.1) is 11.3 Å². The fourth-order valence-corrected chi connectivity index (χ4v) is 8.90. The molecule has 0 bridgehead atoms. The van der Waals surface area contributed by atoms with Gasteiger partial charge in [-0.3, -0.25) is 18.9 Å². The summed E-state index contributed by atoms with van der Waals surface area (Å²) in [5, 5.41) is 13.3. The Kier molecular flexibility index (Phi) is 10.0. The highest BCUT2D eigenvalue weighted by Crippen LogP contribution is 2.53. The van der Waals surface area contributed by atoms with E-state index in [1.165, 1.54) is 18.2 Å². The topological polar surface area (TPSA) is 154 Å². The van der Waals surface area contributed by atoms with Crippen LogP contribution >= 0.6 is 18.9 Å². The molecule has 48 heavy (non-hydrogen) atoms.